The quantitative estimate of drug-likeness (QED) is 0.773. The van der Waals surface area contributed by atoms with Crippen LogP contribution in [0.2, 0.25) is 0 Å². The summed E-state index contributed by atoms with van der Waals surface area (Å²) in [7, 11) is 0. The minimum absolute atomic E-state index is 0.314. The normalized spacial score (nSPS) is 12.7. The molecule has 0 saturated carbocycles. The molecule has 1 aromatic carbocycles. The lowest BCUT2D eigenvalue weighted by Gasteiger charge is -2.19. The van der Waals surface area contributed by atoms with Crippen LogP contribution >= 0.6 is 22.6 Å². The summed E-state index contributed by atoms with van der Waals surface area (Å²) < 4.78 is 6.80. The molecular formula is C13H20INO. The second-order valence-corrected chi connectivity index (χ2v) is 4.97. The molecule has 0 fully saturated rings. The van der Waals surface area contributed by atoms with E-state index in [1.165, 1.54) is 9.13 Å². The predicted octanol–water partition coefficient (Wildman–Crippen LogP) is 3.37. The molecule has 1 N–H and O–H groups in total. The lowest BCUT2D eigenvalue weighted by Crippen LogP contribution is -2.26. The highest BCUT2D eigenvalue weighted by Crippen LogP contribution is 2.16. The molecular weight excluding hydrogens is 313 g/mol. The number of ether oxygens (including phenoxy) is 1. The van der Waals surface area contributed by atoms with Gasteiger partial charge in [-0.1, -0.05) is 19.1 Å². The summed E-state index contributed by atoms with van der Waals surface area (Å²) in [6.45, 7) is 6.76. The summed E-state index contributed by atoms with van der Waals surface area (Å²) in [6.07, 6.45) is 1.15. The first-order chi connectivity index (χ1) is 7.77. The van der Waals surface area contributed by atoms with Gasteiger partial charge in [0, 0.05) is 10.2 Å². The van der Waals surface area contributed by atoms with Crippen molar-refractivity contribution in [2.24, 2.45) is 0 Å². The van der Waals surface area contributed by atoms with E-state index < -0.39 is 0 Å². The van der Waals surface area contributed by atoms with E-state index in [1.54, 1.807) is 0 Å². The molecule has 1 atom stereocenters. The van der Waals surface area contributed by atoms with Gasteiger partial charge in [-0.05, 0) is 60.2 Å². The Labute approximate surface area is 112 Å². The van der Waals surface area contributed by atoms with Crippen molar-refractivity contribution in [1.82, 2.24) is 5.32 Å². The van der Waals surface area contributed by atoms with Gasteiger partial charge in [-0.25, -0.2) is 0 Å². The molecule has 1 rings (SSSR count). The van der Waals surface area contributed by atoms with Crippen LogP contribution in [-0.2, 0) is 4.74 Å². The van der Waals surface area contributed by atoms with Gasteiger partial charge >= 0.3 is 0 Å². The fourth-order valence-electron chi connectivity index (χ4n) is 1.55. The van der Waals surface area contributed by atoms with Gasteiger partial charge in [0.1, 0.15) is 0 Å². The molecule has 0 radical (unpaired) electrons. The number of benzene rings is 1. The highest BCUT2D eigenvalue weighted by molar-refractivity contribution is 14.1. The third-order valence-corrected chi connectivity index (χ3v) is 3.05. The van der Waals surface area contributed by atoms with Crippen LogP contribution in [0.25, 0.3) is 0 Å². The second-order valence-electron chi connectivity index (χ2n) is 3.72. The van der Waals surface area contributed by atoms with Crippen molar-refractivity contribution in [2.45, 2.75) is 26.3 Å². The maximum atomic E-state index is 5.52. The third-order valence-electron chi connectivity index (χ3n) is 2.38. The molecule has 0 amide bonds. The van der Waals surface area contributed by atoms with Crippen LogP contribution in [-0.4, -0.2) is 19.8 Å². The molecule has 2 nitrogen and oxygen atoms in total. The fourth-order valence-corrected chi connectivity index (χ4v) is 2.12. The molecule has 1 aromatic rings. The van der Waals surface area contributed by atoms with Crippen molar-refractivity contribution >= 4 is 22.6 Å². The number of hydrogen-bond acceptors (Lipinski definition) is 2. The zero-order valence-electron chi connectivity index (χ0n) is 10.0. The Hall–Kier alpha value is -0.130. The average Bonchev–Trinajstić information content (AvgIpc) is 2.29. The van der Waals surface area contributed by atoms with Gasteiger partial charge < -0.3 is 10.1 Å². The van der Waals surface area contributed by atoms with Gasteiger partial charge in [0.2, 0.25) is 0 Å². The number of nitrogens with one attached hydrogen (secondary N) is 1. The molecule has 0 aliphatic heterocycles. The second kappa shape index (κ2) is 8.03. The Balaban J connectivity index is 2.66. The standard InChI is InChI=1S/C13H20INO/c1-3-8-15-13(10-16-4-2)11-6-5-7-12(14)9-11/h5-7,9,13,15H,3-4,8,10H2,1-2H3. The molecule has 0 aliphatic rings. The summed E-state index contributed by atoms with van der Waals surface area (Å²) in [5.41, 5.74) is 1.31. The zero-order chi connectivity index (χ0) is 11.8. The Bertz CT molecular complexity index is 296. The van der Waals surface area contributed by atoms with Crippen molar-refractivity contribution in [1.29, 1.82) is 0 Å². The van der Waals surface area contributed by atoms with Gasteiger partial charge in [0.25, 0.3) is 0 Å². The molecule has 16 heavy (non-hydrogen) atoms. The van der Waals surface area contributed by atoms with E-state index >= 15 is 0 Å². The molecule has 0 aromatic heterocycles. The van der Waals surface area contributed by atoms with E-state index in [4.69, 9.17) is 4.74 Å². The molecule has 0 spiro atoms. The highest BCUT2D eigenvalue weighted by Gasteiger charge is 2.10. The van der Waals surface area contributed by atoms with E-state index in [-0.39, 0.29) is 0 Å². The Morgan fingerprint density at radius 2 is 2.19 bits per heavy atom. The van der Waals surface area contributed by atoms with Gasteiger partial charge in [0.15, 0.2) is 0 Å². The van der Waals surface area contributed by atoms with Gasteiger partial charge in [-0.2, -0.15) is 0 Å². The number of hydrogen-bond donors (Lipinski definition) is 1. The Kier molecular flexibility index (Phi) is 7.00. The van der Waals surface area contributed by atoms with Crippen molar-refractivity contribution in [3.05, 3.63) is 33.4 Å². The van der Waals surface area contributed by atoms with E-state index in [2.05, 4.69) is 59.1 Å². The Morgan fingerprint density at radius 3 is 2.81 bits per heavy atom. The summed E-state index contributed by atoms with van der Waals surface area (Å²) >= 11 is 2.35. The Morgan fingerprint density at radius 1 is 1.38 bits per heavy atom. The minimum Gasteiger partial charge on any atom is -0.380 e. The van der Waals surface area contributed by atoms with Crippen LogP contribution in [0.4, 0.5) is 0 Å². The van der Waals surface area contributed by atoms with Crippen molar-refractivity contribution in [3.8, 4) is 0 Å². The molecule has 1 unspecified atom stereocenters. The topological polar surface area (TPSA) is 21.3 Å². The van der Waals surface area contributed by atoms with Gasteiger partial charge in [-0.3, -0.25) is 0 Å². The van der Waals surface area contributed by atoms with Crippen LogP contribution in [0, 0.1) is 3.57 Å². The molecule has 0 bridgehead atoms. The first kappa shape index (κ1) is 13.9. The van der Waals surface area contributed by atoms with Crippen LogP contribution in [0.1, 0.15) is 31.9 Å². The first-order valence-corrected chi connectivity index (χ1v) is 6.92. The first-order valence-electron chi connectivity index (χ1n) is 5.84. The maximum Gasteiger partial charge on any atom is 0.0661 e. The summed E-state index contributed by atoms with van der Waals surface area (Å²) in [5, 5.41) is 3.52. The molecule has 3 heteroatoms. The summed E-state index contributed by atoms with van der Waals surface area (Å²) in [4.78, 5) is 0. The lowest BCUT2D eigenvalue weighted by atomic mass is 10.1. The molecule has 90 valence electrons. The molecule has 0 saturated heterocycles. The summed E-state index contributed by atoms with van der Waals surface area (Å²) in [5.74, 6) is 0. The van der Waals surface area contributed by atoms with Crippen molar-refractivity contribution < 1.29 is 4.74 Å². The van der Waals surface area contributed by atoms with Gasteiger partial charge in [-0.15, -0.1) is 0 Å². The smallest absolute Gasteiger partial charge is 0.0661 e. The fraction of sp³-hybridized carbons (Fsp3) is 0.538. The zero-order valence-corrected chi connectivity index (χ0v) is 12.2. The van der Waals surface area contributed by atoms with E-state index in [0.717, 1.165) is 26.2 Å². The van der Waals surface area contributed by atoms with Crippen LogP contribution in [0.15, 0.2) is 24.3 Å². The molecule has 0 heterocycles. The maximum absolute atomic E-state index is 5.52. The molecule has 0 aliphatic carbocycles. The van der Waals surface area contributed by atoms with Crippen LogP contribution < -0.4 is 5.32 Å². The van der Waals surface area contributed by atoms with Crippen molar-refractivity contribution in [3.63, 3.8) is 0 Å². The lowest BCUT2D eigenvalue weighted by molar-refractivity contribution is 0.123. The van der Waals surface area contributed by atoms with E-state index in [1.807, 2.05) is 6.92 Å². The monoisotopic (exact) mass is 333 g/mol. The van der Waals surface area contributed by atoms with E-state index in [0.29, 0.717) is 6.04 Å². The number of rotatable bonds is 7. The summed E-state index contributed by atoms with van der Waals surface area (Å²) in [6, 6.07) is 8.90. The number of halogens is 1. The largest absolute Gasteiger partial charge is 0.380 e. The van der Waals surface area contributed by atoms with Crippen LogP contribution in [0.5, 0.6) is 0 Å². The third kappa shape index (κ3) is 4.80. The highest BCUT2D eigenvalue weighted by atomic mass is 127. The van der Waals surface area contributed by atoms with Crippen molar-refractivity contribution in [2.75, 3.05) is 19.8 Å². The van der Waals surface area contributed by atoms with E-state index in [9.17, 15) is 0 Å². The SMILES string of the molecule is CCCNC(COCC)c1cccc(I)c1. The average molecular weight is 333 g/mol. The predicted molar refractivity (Wildman–Crippen MR) is 76.7 cm³/mol. The van der Waals surface area contributed by atoms with Gasteiger partial charge in [0.05, 0.1) is 12.6 Å². The van der Waals surface area contributed by atoms with Crippen LogP contribution in [0.3, 0.4) is 0 Å². The minimum atomic E-state index is 0.314.